The van der Waals surface area contributed by atoms with Gasteiger partial charge in [-0.3, -0.25) is 0 Å². The average molecular weight is 386 g/mol. The zero-order valence-corrected chi connectivity index (χ0v) is 15.7. The summed E-state index contributed by atoms with van der Waals surface area (Å²) in [5, 5.41) is 6.25. The molecule has 1 N–H and O–H groups in total. The third kappa shape index (κ3) is 4.35. The van der Waals surface area contributed by atoms with E-state index in [1.54, 1.807) is 30.3 Å². The lowest BCUT2D eigenvalue weighted by Gasteiger charge is -2.33. The summed E-state index contributed by atoms with van der Waals surface area (Å²) in [5.74, 6) is 0.382. The number of halogens is 3. The van der Waals surface area contributed by atoms with E-state index in [1.807, 2.05) is 17.2 Å². The van der Waals surface area contributed by atoms with Gasteiger partial charge in [0.05, 0.1) is 5.69 Å². The van der Waals surface area contributed by atoms with Crippen LogP contribution in [0.3, 0.4) is 0 Å². The van der Waals surface area contributed by atoms with Crippen LogP contribution in [0.5, 0.6) is 0 Å². The van der Waals surface area contributed by atoms with Crippen molar-refractivity contribution in [2.45, 2.75) is 32.0 Å². The van der Waals surface area contributed by atoms with Gasteiger partial charge in [-0.15, -0.1) is 11.3 Å². The molecule has 1 saturated heterocycles. The fraction of sp³-hybridized carbons (Fsp3) is 0.562. The third-order valence-electron chi connectivity index (χ3n) is 4.17. The van der Waals surface area contributed by atoms with E-state index in [1.165, 1.54) is 0 Å². The minimum atomic E-state index is -4.50. The zero-order valence-electron chi connectivity index (χ0n) is 14.8. The predicted octanol–water partition coefficient (Wildman–Crippen LogP) is 3.41. The summed E-state index contributed by atoms with van der Waals surface area (Å²) >= 11 is 1.56. The molecule has 0 bridgehead atoms. The van der Waals surface area contributed by atoms with Crippen molar-refractivity contribution in [2.75, 3.05) is 42.3 Å². The molecule has 2 aromatic rings. The van der Waals surface area contributed by atoms with E-state index in [0.29, 0.717) is 13.1 Å². The van der Waals surface area contributed by atoms with Gasteiger partial charge in [0.2, 0.25) is 5.95 Å². The summed E-state index contributed by atoms with van der Waals surface area (Å²) in [6, 6.07) is 1.22. The Labute approximate surface area is 154 Å². The molecule has 3 heterocycles. The highest BCUT2D eigenvalue weighted by atomic mass is 32.1. The first-order valence-electron chi connectivity index (χ1n) is 8.29. The predicted molar refractivity (Wildman–Crippen MR) is 97.1 cm³/mol. The Morgan fingerprint density at radius 3 is 2.42 bits per heavy atom. The number of hydrogen-bond donors (Lipinski definition) is 1. The Hall–Kier alpha value is -2.10. The van der Waals surface area contributed by atoms with Crippen molar-refractivity contribution in [3.8, 4) is 0 Å². The molecular weight excluding hydrogens is 365 g/mol. The molecule has 0 spiro atoms. The number of thiazole rings is 1. The van der Waals surface area contributed by atoms with Gasteiger partial charge in [0.15, 0.2) is 10.8 Å². The van der Waals surface area contributed by atoms with Crippen molar-refractivity contribution >= 4 is 28.2 Å². The van der Waals surface area contributed by atoms with Crippen LogP contribution in [0.2, 0.25) is 0 Å². The largest absolute Gasteiger partial charge is 0.433 e. The van der Waals surface area contributed by atoms with Gasteiger partial charge in [-0.1, -0.05) is 0 Å². The maximum atomic E-state index is 13.1. The molecule has 1 aliphatic rings. The van der Waals surface area contributed by atoms with Gasteiger partial charge in [0.1, 0.15) is 5.82 Å². The Balaban J connectivity index is 1.71. The van der Waals surface area contributed by atoms with Gasteiger partial charge in [0, 0.05) is 44.7 Å². The highest BCUT2D eigenvalue weighted by Crippen LogP contribution is 2.31. The monoisotopic (exact) mass is 386 g/mol. The summed E-state index contributed by atoms with van der Waals surface area (Å²) in [7, 11) is 3.33. The summed E-state index contributed by atoms with van der Waals surface area (Å²) in [5.41, 5.74) is 0.0632. The molecule has 26 heavy (non-hydrogen) atoms. The van der Waals surface area contributed by atoms with Crippen LogP contribution >= 0.6 is 11.3 Å². The second kappa shape index (κ2) is 7.26. The summed E-state index contributed by atoms with van der Waals surface area (Å²) < 4.78 is 39.4. The molecule has 0 aromatic carbocycles. The number of piperidine rings is 1. The topological polar surface area (TPSA) is 57.2 Å². The minimum Gasteiger partial charge on any atom is -0.363 e. The SMILES string of the molecule is Cc1csc(NC2CCN(c3nc(N(C)C)cc(C(F)(F)F)n3)CC2)n1. The normalized spacial score (nSPS) is 16.0. The smallest absolute Gasteiger partial charge is 0.363 e. The third-order valence-corrected chi connectivity index (χ3v) is 5.07. The van der Waals surface area contributed by atoms with E-state index >= 15 is 0 Å². The highest BCUT2D eigenvalue weighted by molar-refractivity contribution is 7.13. The van der Waals surface area contributed by atoms with Gasteiger partial charge in [0.25, 0.3) is 0 Å². The maximum Gasteiger partial charge on any atom is 0.433 e. The van der Waals surface area contributed by atoms with Crippen molar-refractivity contribution in [3.05, 3.63) is 22.8 Å². The number of rotatable bonds is 4. The molecule has 0 aliphatic carbocycles. The van der Waals surface area contributed by atoms with Crippen molar-refractivity contribution in [3.63, 3.8) is 0 Å². The quantitative estimate of drug-likeness (QED) is 0.869. The van der Waals surface area contributed by atoms with E-state index in [0.717, 1.165) is 29.7 Å². The van der Waals surface area contributed by atoms with Crippen LogP contribution in [0.25, 0.3) is 0 Å². The molecule has 0 amide bonds. The lowest BCUT2D eigenvalue weighted by molar-refractivity contribution is -0.141. The van der Waals surface area contributed by atoms with Crippen molar-refractivity contribution in [1.29, 1.82) is 0 Å². The zero-order chi connectivity index (χ0) is 18.9. The molecular formula is C16H21F3N6S. The van der Waals surface area contributed by atoms with Gasteiger partial charge in [-0.2, -0.15) is 18.2 Å². The van der Waals surface area contributed by atoms with Crippen LogP contribution in [-0.4, -0.2) is 48.2 Å². The lowest BCUT2D eigenvalue weighted by Crippen LogP contribution is -2.40. The summed E-state index contributed by atoms with van der Waals surface area (Å²) in [4.78, 5) is 15.8. The van der Waals surface area contributed by atoms with Gasteiger partial charge >= 0.3 is 6.18 Å². The molecule has 0 unspecified atom stereocenters. The van der Waals surface area contributed by atoms with Crippen molar-refractivity contribution in [1.82, 2.24) is 15.0 Å². The number of nitrogens with one attached hydrogen (secondary N) is 1. The number of aromatic nitrogens is 3. The number of nitrogens with zero attached hydrogens (tertiary/aromatic N) is 5. The van der Waals surface area contributed by atoms with Crippen LogP contribution in [-0.2, 0) is 6.18 Å². The minimum absolute atomic E-state index is 0.132. The first-order valence-corrected chi connectivity index (χ1v) is 9.17. The summed E-state index contributed by atoms with van der Waals surface area (Å²) in [6.07, 6.45) is -2.92. The van der Waals surface area contributed by atoms with Gasteiger partial charge < -0.3 is 15.1 Å². The summed E-state index contributed by atoms with van der Waals surface area (Å²) in [6.45, 7) is 3.13. The van der Waals surface area contributed by atoms with Crippen molar-refractivity contribution < 1.29 is 13.2 Å². The molecule has 10 heteroatoms. The molecule has 0 atom stereocenters. The van der Waals surface area contributed by atoms with Crippen molar-refractivity contribution in [2.24, 2.45) is 0 Å². The standard InChI is InChI=1S/C16H21F3N6S/c1-10-9-26-15(20-10)21-11-4-6-25(7-5-11)14-22-12(16(17,18)19)8-13(23-14)24(2)3/h8-9,11H,4-7H2,1-3H3,(H,20,21). The van der Waals surface area contributed by atoms with Gasteiger partial charge in [-0.05, 0) is 19.8 Å². The van der Waals surface area contributed by atoms with Crippen LogP contribution in [0.15, 0.2) is 11.4 Å². The number of anilines is 3. The van der Waals surface area contributed by atoms with E-state index in [2.05, 4.69) is 20.3 Å². The van der Waals surface area contributed by atoms with Crippen LogP contribution in [0, 0.1) is 6.92 Å². The molecule has 1 fully saturated rings. The second-order valence-corrected chi connectivity index (χ2v) is 7.36. The van der Waals surface area contributed by atoms with E-state index in [4.69, 9.17) is 0 Å². The van der Waals surface area contributed by atoms with Crippen LogP contribution in [0.1, 0.15) is 24.2 Å². The first kappa shape index (κ1) is 18.7. The molecule has 3 rings (SSSR count). The van der Waals surface area contributed by atoms with Gasteiger partial charge in [-0.25, -0.2) is 9.97 Å². The maximum absolute atomic E-state index is 13.1. The highest BCUT2D eigenvalue weighted by Gasteiger charge is 2.35. The molecule has 0 saturated carbocycles. The Morgan fingerprint density at radius 1 is 1.19 bits per heavy atom. The van der Waals surface area contributed by atoms with E-state index < -0.39 is 11.9 Å². The fourth-order valence-electron chi connectivity index (χ4n) is 2.76. The fourth-order valence-corrected chi connectivity index (χ4v) is 3.52. The van der Waals surface area contributed by atoms with E-state index in [-0.39, 0.29) is 17.8 Å². The molecule has 142 valence electrons. The second-order valence-electron chi connectivity index (χ2n) is 6.50. The Morgan fingerprint density at radius 2 is 1.88 bits per heavy atom. The molecule has 2 aromatic heterocycles. The number of hydrogen-bond acceptors (Lipinski definition) is 7. The lowest BCUT2D eigenvalue weighted by atomic mass is 10.1. The Kier molecular flexibility index (Phi) is 5.22. The molecule has 6 nitrogen and oxygen atoms in total. The number of alkyl halides is 3. The van der Waals surface area contributed by atoms with Crippen LogP contribution < -0.4 is 15.1 Å². The molecule has 1 aliphatic heterocycles. The Bertz CT molecular complexity index is 753. The molecule has 0 radical (unpaired) electrons. The average Bonchev–Trinajstić information content (AvgIpc) is 2.99. The van der Waals surface area contributed by atoms with Crippen LogP contribution in [0.4, 0.5) is 30.1 Å². The first-order chi connectivity index (χ1) is 12.2. The van der Waals surface area contributed by atoms with E-state index in [9.17, 15) is 13.2 Å². The number of aryl methyl sites for hydroxylation is 1.